The molecule has 3 nitrogen and oxygen atoms in total. The van der Waals surface area contributed by atoms with Crippen molar-refractivity contribution in [3.05, 3.63) is 71.1 Å². The van der Waals surface area contributed by atoms with Gasteiger partial charge in [-0.3, -0.25) is 9.78 Å². The van der Waals surface area contributed by atoms with Gasteiger partial charge in [0.15, 0.2) is 0 Å². The number of anilines is 1. The number of carbonyl (C=O) groups excluding carboxylic acids is 1. The standard InChI is InChI=1S/C18H15FN2OS/c1-12-11-20-10-9-15(12)16-7-8-17(23-16)18(22)21(2)14-5-3-13(19)4-6-14/h3-11H,1-2H3. The first-order chi connectivity index (χ1) is 11.1. The molecule has 0 aliphatic heterocycles. The van der Waals surface area contributed by atoms with Gasteiger partial charge in [0.1, 0.15) is 5.82 Å². The molecule has 0 N–H and O–H groups in total. The van der Waals surface area contributed by atoms with E-state index in [0.717, 1.165) is 16.0 Å². The van der Waals surface area contributed by atoms with Crippen molar-refractivity contribution in [2.75, 3.05) is 11.9 Å². The Morgan fingerprint density at radius 3 is 2.57 bits per heavy atom. The van der Waals surface area contributed by atoms with Crippen LogP contribution in [-0.2, 0) is 0 Å². The smallest absolute Gasteiger partial charge is 0.268 e. The van der Waals surface area contributed by atoms with Crippen LogP contribution in [0.1, 0.15) is 15.2 Å². The molecule has 2 aromatic heterocycles. The second-order valence-corrected chi connectivity index (χ2v) is 6.28. The first-order valence-corrected chi connectivity index (χ1v) is 7.92. The van der Waals surface area contributed by atoms with Gasteiger partial charge in [0.25, 0.3) is 5.91 Å². The predicted octanol–water partition coefficient (Wildman–Crippen LogP) is 4.53. The van der Waals surface area contributed by atoms with E-state index in [9.17, 15) is 9.18 Å². The lowest BCUT2D eigenvalue weighted by molar-refractivity contribution is 0.0997. The molecular formula is C18H15FN2OS. The third-order valence-corrected chi connectivity index (χ3v) is 4.73. The Morgan fingerprint density at radius 1 is 1.13 bits per heavy atom. The van der Waals surface area contributed by atoms with Crippen LogP contribution < -0.4 is 4.90 Å². The van der Waals surface area contributed by atoms with Crippen LogP contribution in [-0.4, -0.2) is 17.9 Å². The normalized spacial score (nSPS) is 10.6. The van der Waals surface area contributed by atoms with Crippen LogP contribution in [0.5, 0.6) is 0 Å². The van der Waals surface area contributed by atoms with Gasteiger partial charge in [0.05, 0.1) is 4.88 Å². The second kappa shape index (κ2) is 6.30. The Balaban J connectivity index is 1.86. The highest BCUT2D eigenvalue weighted by atomic mass is 32.1. The number of hydrogen-bond acceptors (Lipinski definition) is 3. The lowest BCUT2D eigenvalue weighted by Gasteiger charge is -2.16. The summed E-state index contributed by atoms with van der Waals surface area (Å²) in [6.07, 6.45) is 3.55. The highest BCUT2D eigenvalue weighted by Crippen LogP contribution is 2.31. The Bertz CT molecular complexity index is 842. The number of pyridine rings is 1. The van der Waals surface area contributed by atoms with Crippen LogP contribution in [0.15, 0.2) is 54.9 Å². The zero-order valence-electron chi connectivity index (χ0n) is 12.8. The number of benzene rings is 1. The highest BCUT2D eigenvalue weighted by Gasteiger charge is 2.16. The van der Waals surface area contributed by atoms with Gasteiger partial charge in [-0.05, 0) is 60.5 Å². The van der Waals surface area contributed by atoms with Crippen LogP contribution in [0.2, 0.25) is 0 Å². The highest BCUT2D eigenvalue weighted by molar-refractivity contribution is 7.17. The van der Waals surface area contributed by atoms with E-state index in [4.69, 9.17) is 0 Å². The summed E-state index contributed by atoms with van der Waals surface area (Å²) < 4.78 is 13.0. The maximum Gasteiger partial charge on any atom is 0.268 e. The number of aryl methyl sites for hydroxylation is 1. The summed E-state index contributed by atoms with van der Waals surface area (Å²) in [6, 6.07) is 11.6. The van der Waals surface area contributed by atoms with E-state index in [2.05, 4.69) is 4.98 Å². The summed E-state index contributed by atoms with van der Waals surface area (Å²) in [5, 5.41) is 0. The molecular weight excluding hydrogens is 311 g/mol. The second-order valence-electron chi connectivity index (χ2n) is 5.20. The third kappa shape index (κ3) is 3.14. The van der Waals surface area contributed by atoms with E-state index in [1.54, 1.807) is 31.6 Å². The maximum atomic E-state index is 13.0. The summed E-state index contributed by atoms with van der Waals surface area (Å²) >= 11 is 1.44. The lowest BCUT2D eigenvalue weighted by Crippen LogP contribution is -2.25. The number of nitrogens with zero attached hydrogens (tertiary/aromatic N) is 2. The minimum absolute atomic E-state index is 0.112. The SMILES string of the molecule is Cc1cnccc1-c1ccc(C(=O)N(C)c2ccc(F)cc2)s1. The van der Waals surface area contributed by atoms with Gasteiger partial charge in [-0.1, -0.05) is 0 Å². The topological polar surface area (TPSA) is 33.2 Å². The minimum atomic E-state index is -0.318. The van der Waals surface area contributed by atoms with Crippen LogP contribution in [0.3, 0.4) is 0 Å². The molecule has 0 aliphatic carbocycles. The molecule has 0 fully saturated rings. The molecule has 0 unspecified atom stereocenters. The molecule has 0 radical (unpaired) electrons. The molecule has 0 aliphatic rings. The van der Waals surface area contributed by atoms with E-state index in [0.29, 0.717) is 10.6 Å². The van der Waals surface area contributed by atoms with Gasteiger partial charge in [-0.2, -0.15) is 0 Å². The van der Waals surface area contributed by atoms with Gasteiger partial charge in [-0.25, -0.2) is 4.39 Å². The summed E-state index contributed by atoms with van der Waals surface area (Å²) in [7, 11) is 1.69. The molecule has 3 rings (SSSR count). The number of rotatable bonds is 3. The van der Waals surface area contributed by atoms with Crippen LogP contribution in [0.4, 0.5) is 10.1 Å². The molecule has 1 amide bonds. The number of halogens is 1. The molecule has 0 spiro atoms. The number of hydrogen-bond donors (Lipinski definition) is 0. The fourth-order valence-corrected chi connectivity index (χ4v) is 3.37. The number of thiophene rings is 1. The van der Waals surface area contributed by atoms with Crippen molar-refractivity contribution >= 4 is 22.9 Å². The van der Waals surface area contributed by atoms with E-state index in [1.807, 2.05) is 25.1 Å². The van der Waals surface area contributed by atoms with Crippen molar-refractivity contribution < 1.29 is 9.18 Å². The Morgan fingerprint density at radius 2 is 1.87 bits per heavy atom. The monoisotopic (exact) mass is 326 g/mol. The Labute approximate surface area is 138 Å². The fraction of sp³-hybridized carbons (Fsp3) is 0.111. The minimum Gasteiger partial charge on any atom is -0.311 e. The summed E-state index contributed by atoms with van der Waals surface area (Å²) in [4.78, 5) is 19.9. The van der Waals surface area contributed by atoms with Gasteiger partial charge in [-0.15, -0.1) is 11.3 Å². The van der Waals surface area contributed by atoms with Gasteiger partial charge < -0.3 is 4.90 Å². The van der Waals surface area contributed by atoms with E-state index >= 15 is 0 Å². The van der Waals surface area contributed by atoms with Crippen LogP contribution in [0, 0.1) is 12.7 Å². The Hall–Kier alpha value is -2.53. The molecule has 1 aromatic carbocycles. The van der Waals surface area contributed by atoms with Crippen molar-refractivity contribution in [1.29, 1.82) is 0 Å². The summed E-state index contributed by atoms with van der Waals surface area (Å²) in [5.41, 5.74) is 2.81. The van der Waals surface area contributed by atoms with E-state index < -0.39 is 0 Å². The maximum absolute atomic E-state index is 13.0. The van der Waals surface area contributed by atoms with Crippen LogP contribution in [0.25, 0.3) is 10.4 Å². The average Bonchev–Trinajstić information content (AvgIpc) is 3.04. The van der Waals surface area contributed by atoms with Crippen molar-refractivity contribution in [2.45, 2.75) is 6.92 Å². The molecule has 5 heteroatoms. The van der Waals surface area contributed by atoms with Gasteiger partial charge in [0, 0.05) is 30.0 Å². The molecule has 116 valence electrons. The van der Waals surface area contributed by atoms with Crippen molar-refractivity contribution in [1.82, 2.24) is 4.98 Å². The predicted molar refractivity (Wildman–Crippen MR) is 91.4 cm³/mol. The third-order valence-electron chi connectivity index (χ3n) is 3.62. The molecule has 0 saturated carbocycles. The first kappa shape index (κ1) is 15.4. The average molecular weight is 326 g/mol. The lowest BCUT2D eigenvalue weighted by atomic mass is 10.1. The van der Waals surface area contributed by atoms with Crippen molar-refractivity contribution in [3.63, 3.8) is 0 Å². The summed E-state index contributed by atoms with van der Waals surface area (Å²) in [6.45, 7) is 1.99. The number of amides is 1. The zero-order valence-corrected chi connectivity index (χ0v) is 13.6. The Kier molecular flexibility index (Phi) is 4.21. The first-order valence-electron chi connectivity index (χ1n) is 7.10. The number of aromatic nitrogens is 1. The fourth-order valence-electron chi connectivity index (χ4n) is 2.29. The van der Waals surface area contributed by atoms with Gasteiger partial charge in [0.2, 0.25) is 0 Å². The van der Waals surface area contributed by atoms with Crippen molar-refractivity contribution in [2.24, 2.45) is 0 Å². The summed E-state index contributed by atoms with van der Waals surface area (Å²) in [5.74, 6) is -0.430. The largest absolute Gasteiger partial charge is 0.311 e. The van der Waals surface area contributed by atoms with E-state index in [1.165, 1.54) is 28.4 Å². The number of carbonyl (C=O) groups is 1. The molecule has 2 heterocycles. The molecule has 3 aromatic rings. The van der Waals surface area contributed by atoms with Crippen LogP contribution >= 0.6 is 11.3 Å². The molecule has 0 bridgehead atoms. The molecule has 23 heavy (non-hydrogen) atoms. The molecule has 0 atom stereocenters. The van der Waals surface area contributed by atoms with E-state index in [-0.39, 0.29) is 11.7 Å². The zero-order chi connectivity index (χ0) is 16.4. The van der Waals surface area contributed by atoms with Gasteiger partial charge >= 0.3 is 0 Å². The van der Waals surface area contributed by atoms with Crippen molar-refractivity contribution in [3.8, 4) is 10.4 Å². The molecule has 0 saturated heterocycles. The quantitative estimate of drug-likeness (QED) is 0.708.